The van der Waals surface area contributed by atoms with Gasteiger partial charge in [0.05, 0.1) is 0 Å². The second-order valence-electron chi connectivity index (χ2n) is 7.03. The minimum absolute atomic E-state index is 0.000235. The highest BCUT2D eigenvalue weighted by molar-refractivity contribution is 5.96. The molecule has 0 aromatic heterocycles. The van der Waals surface area contributed by atoms with E-state index in [1.165, 1.54) is 49.4 Å². The molecule has 0 heterocycles. The first kappa shape index (κ1) is 28.7. The van der Waals surface area contributed by atoms with E-state index in [4.69, 9.17) is 23.7 Å². The average Bonchev–Trinajstić information content (AvgIpc) is 2.90. The molecule has 0 spiro atoms. The molecule has 2 aromatic rings. The van der Waals surface area contributed by atoms with Crippen LogP contribution in [0.2, 0.25) is 0 Å². The second-order valence-corrected chi connectivity index (χ2v) is 7.03. The van der Waals surface area contributed by atoms with E-state index in [0.717, 1.165) is 24.3 Å². The Labute approximate surface area is 217 Å². The van der Waals surface area contributed by atoms with Crippen molar-refractivity contribution in [3.05, 3.63) is 98.2 Å². The van der Waals surface area contributed by atoms with Crippen molar-refractivity contribution in [3.63, 3.8) is 0 Å². The second kappa shape index (κ2) is 13.5. The summed E-state index contributed by atoms with van der Waals surface area (Å²) in [5.74, 6) is -4.36. The van der Waals surface area contributed by atoms with Crippen LogP contribution in [0.5, 0.6) is 28.7 Å². The maximum atomic E-state index is 12.8. The molecule has 0 radical (unpaired) electrons. The molecular formula is C28H22O10. The van der Waals surface area contributed by atoms with Crippen molar-refractivity contribution in [2.24, 2.45) is 0 Å². The smallest absolute Gasteiger partial charge is 0.339 e. The Balaban J connectivity index is 2.38. The number of carbonyl (C=O) groups is 5. The Morgan fingerprint density at radius 3 is 1.55 bits per heavy atom. The van der Waals surface area contributed by atoms with Gasteiger partial charge in [0.15, 0.2) is 11.5 Å². The summed E-state index contributed by atoms with van der Waals surface area (Å²) in [6.07, 6.45) is 5.07. The van der Waals surface area contributed by atoms with E-state index in [0.29, 0.717) is 0 Å². The molecule has 0 aliphatic carbocycles. The summed E-state index contributed by atoms with van der Waals surface area (Å²) >= 11 is 0. The van der Waals surface area contributed by atoms with Crippen molar-refractivity contribution < 1.29 is 47.7 Å². The monoisotopic (exact) mass is 518 g/mol. The van der Waals surface area contributed by atoms with Crippen molar-refractivity contribution in [1.29, 1.82) is 0 Å². The highest BCUT2D eigenvalue weighted by Crippen LogP contribution is 2.33. The van der Waals surface area contributed by atoms with Gasteiger partial charge in [-0.05, 0) is 37.3 Å². The van der Waals surface area contributed by atoms with Crippen LogP contribution in [-0.4, -0.2) is 29.8 Å². The highest BCUT2D eigenvalue weighted by atomic mass is 16.6. The zero-order chi connectivity index (χ0) is 28.2. The predicted octanol–water partition coefficient (Wildman–Crippen LogP) is 4.06. The van der Waals surface area contributed by atoms with Gasteiger partial charge in [0, 0.05) is 47.6 Å². The Kier molecular flexibility index (Phi) is 10.2. The standard InChI is InChI=1S/C28H22O10/c1-6-24(29)34-19-11-10-18(22(15-19)36-26(31)8-3)14-17(5)28(33)38-21-13-12-20(35-25(30)7-2)16-23(21)37-27(32)9-4/h6-16H,1-4H2,5H3. The molecule has 0 atom stereocenters. The van der Waals surface area contributed by atoms with Crippen LogP contribution in [0.4, 0.5) is 0 Å². The van der Waals surface area contributed by atoms with Gasteiger partial charge in [-0.25, -0.2) is 24.0 Å². The fourth-order valence-corrected chi connectivity index (χ4v) is 2.59. The third kappa shape index (κ3) is 8.31. The molecule has 0 aliphatic rings. The summed E-state index contributed by atoms with van der Waals surface area (Å²) in [7, 11) is 0. The van der Waals surface area contributed by atoms with Crippen LogP contribution in [0, 0.1) is 0 Å². The molecule has 0 bridgehead atoms. The largest absolute Gasteiger partial charge is 0.423 e. The molecule has 10 heteroatoms. The number of benzene rings is 2. The quantitative estimate of drug-likeness (QED) is 0.244. The van der Waals surface area contributed by atoms with E-state index in [9.17, 15) is 24.0 Å². The first-order valence-corrected chi connectivity index (χ1v) is 10.7. The predicted molar refractivity (Wildman–Crippen MR) is 135 cm³/mol. The van der Waals surface area contributed by atoms with Crippen molar-refractivity contribution in [2.75, 3.05) is 0 Å². The zero-order valence-corrected chi connectivity index (χ0v) is 20.3. The SMILES string of the molecule is C=CC(=O)Oc1ccc(C=C(C)C(=O)Oc2ccc(OC(=O)C=C)cc2OC(=O)C=C)c(OC(=O)C=C)c1. The van der Waals surface area contributed by atoms with Crippen LogP contribution >= 0.6 is 0 Å². The molecule has 0 N–H and O–H groups in total. The summed E-state index contributed by atoms with van der Waals surface area (Å²) < 4.78 is 25.7. The lowest BCUT2D eigenvalue weighted by molar-refractivity contribution is -0.132. The number of rotatable bonds is 11. The van der Waals surface area contributed by atoms with Gasteiger partial charge in [-0.2, -0.15) is 0 Å². The maximum absolute atomic E-state index is 12.8. The van der Waals surface area contributed by atoms with Gasteiger partial charge in [-0.1, -0.05) is 26.3 Å². The van der Waals surface area contributed by atoms with Gasteiger partial charge >= 0.3 is 29.8 Å². The fraction of sp³-hybridized carbons (Fsp3) is 0.0357. The van der Waals surface area contributed by atoms with Gasteiger partial charge in [-0.15, -0.1) is 0 Å². The third-order valence-electron chi connectivity index (χ3n) is 4.32. The molecule has 2 aromatic carbocycles. The summed E-state index contributed by atoms with van der Waals surface area (Å²) in [5.41, 5.74) is 0.304. The minimum Gasteiger partial charge on any atom is -0.423 e. The fourth-order valence-electron chi connectivity index (χ4n) is 2.59. The molecule has 194 valence electrons. The van der Waals surface area contributed by atoms with E-state index in [2.05, 4.69) is 26.3 Å². The lowest BCUT2D eigenvalue weighted by Crippen LogP contribution is -2.12. The molecule has 0 saturated heterocycles. The van der Waals surface area contributed by atoms with Crippen molar-refractivity contribution in [3.8, 4) is 28.7 Å². The molecule has 10 nitrogen and oxygen atoms in total. The Bertz CT molecular complexity index is 1360. The number of hydrogen-bond donors (Lipinski definition) is 0. The van der Waals surface area contributed by atoms with E-state index >= 15 is 0 Å². The Morgan fingerprint density at radius 1 is 0.579 bits per heavy atom. The lowest BCUT2D eigenvalue weighted by Gasteiger charge is -2.12. The van der Waals surface area contributed by atoms with Gasteiger partial charge in [0.2, 0.25) is 0 Å². The van der Waals surface area contributed by atoms with Gasteiger partial charge in [0.1, 0.15) is 17.2 Å². The zero-order valence-electron chi connectivity index (χ0n) is 20.3. The summed E-state index contributed by atoms with van der Waals surface area (Å²) in [6, 6.07) is 7.85. The van der Waals surface area contributed by atoms with Gasteiger partial charge in [-0.3, -0.25) is 0 Å². The molecule has 2 rings (SSSR count). The molecular weight excluding hydrogens is 496 g/mol. The molecule has 0 fully saturated rings. The number of esters is 5. The third-order valence-corrected chi connectivity index (χ3v) is 4.32. The maximum Gasteiger partial charge on any atom is 0.339 e. The van der Waals surface area contributed by atoms with Crippen LogP contribution in [0.15, 0.2) is 92.6 Å². The van der Waals surface area contributed by atoms with Crippen LogP contribution in [0.1, 0.15) is 12.5 Å². The first-order chi connectivity index (χ1) is 18.1. The van der Waals surface area contributed by atoms with Crippen LogP contribution < -0.4 is 23.7 Å². The van der Waals surface area contributed by atoms with E-state index in [1.807, 2.05) is 0 Å². The molecule has 0 saturated carbocycles. The molecule has 38 heavy (non-hydrogen) atoms. The van der Waals surface area contributed by atoms with Gasteiger partial charge < -0.3 is 23.7 Å². The summed E-state index contributed by atoms with van der Waals surface area (Å²) in [6.45, 7) is 14.7. The Hall–Kier alpha value is -5.51. The molecule has 0 unspecified atom stereocenters. The van der Waals surface area contributed by atoms with Gasteiger partial charge in [0.25, 0.3) is 0 Å². The van der Waals surface area contributed by atoms with Crippen molar-refractivity contribution in [2.45, 2.75) is 6.92 Å². The summed E-state index contributed by atoms with van der Waals surface area (Å²) in [4.78, 5) is 59.3. The van der Waals surface area contributed by atoms with E-state index in [1.54, 1.807) is 0 Å². The normalized spacial score (nSPS) is 10.3. The van der Waals surface area contributed by atoms with E-state index in [-0.39, 0.29) is 39.9 Å². The van der Waals surface area contributed by atoms with Crippen molar-refractivity contribution >= 4 is 35.9 Å². The Morgan fingerprint density at radius 2 is 1.03 bits per heavy atom. The number of ether oxygens (including phenoxy) is 5. The van der Waals surface area contributed by atoms with Crippen LogP contribution in [0.3, 0.4) is 0 Å². The van der Waals surface area contributed by atoms with E-state index < -0.39 is 29.8 Å². The number of hydrogen-bond acceptors (Lipinski definition) is 10. The lowest BCUT2D eigenvalue weighted by atomic mass is 10.1. The van der Waals surface area contributed by atoms with Crippen LogP contribution in [-0.2, 0) is 24.0 Å². The molecule has 0 aliphatic heterocycles. The number of carbonyl (C=O) groups excluding carboxylic acids is 5. The first-order valence-electron chi connectivity index (χ1n) is 10.7. The topological polar surface area (TPSA) is 132 Å². The van der Waals surface area contributed by atoms with Crippen molar-refractivity contribution in [1.82, 2.24) is 0 Å². The van der Waals surface area contributed by atoms with Crippen LogP contribution in [0.25, 0.3) is 6.08 Å². The highest BCUT2D eigenvalue weighted by Gasteiger charge is 2.17. The molecule has 0 amide bonds. The average molecular weight is 518 g/mol. The summed E-state index contributed by atoms with van der Waals surface area (Å²) in [5, 5.41) is 0. The minimum atomic E-state index is -0.861.